The first-order valence-corrected chi connectivity index (χ1v) is 11.4. The van der Waals surface area contributed by atoms with E-state index in [2.05, 4.69) is 5.32 Å². The molecule has 1 N–H and O–H groups in total. The first-order valence-electron chi connectivity index (χ1n) is 8.45. The number of benzene rings is 3. The zero-order valence-corrected chi connectivity index (χ0v) is 19.0. The van der Waals surface area contributed by atoms with Crippen molar-refractivity contribution in [3.8, 4) is 0 Å². The summed E-state index contributed by atoms with van der Waals surface area (Å²) >= 11 is 23.8. The predicted molar refractivity (Wildman–Crippen MR) is 123 cm³/mol. The highest BCUT2D eigenvalue weighted by molar-refractivity contribution is 7.92. The molecule has 0 saturated heterocycles. The molecule has 0 aliphatic rings. The van der Waals surface area contributed by atoms with Crippen LogP contribution in [0.3, 0.4) is 0 Å². The van der Waals surface area contributed by atoms with Crippen LogP contribution in [-0.2, 0) is 14.8 Å². The van der Waals surface area contributed by atoms with Gasteiger partial charge in [-0.05, 0) is 60.7 Å². The number of nitrogens with one attached hydrogen (secondary N) is 1. The summed E-state index contributed by atoms with van der Waals surface area (Å²) in [4.78, 5) is 12.6. The molecule has 3 aromatic rings. The van der Waals surface area contributed by atoms with Gasteiger partial charge in [-0.15, -0.1) is 0 Å². The third kappa shape index (κ3) is 5.39. The standard InChI is InChI=1S/C20H14Cl4N2O3S/c21-13-4-7-17(8-5-13)30(28,29)26(16-3-1-2-14(22)10-16)12-20(27)25-15-6-9-18(23)19(24)11-15/h1-11H,12H2,(H,25,27). The fraction of sp³-hybridized carbons (Fsp3) is 0.0500. The van der Waals surface area contributed by atoms with E-state index in [0.29, 0.717) is 20.8 Å². The molecular formula is C20H14Cl4N2O3S. The molecule has 0 bridgehead atoms. The molecule has 156 valence electrons. The van der Waals surface area contributed by atoms with Crippen molar-refractivity contribution in [2.24, 2.45) is 0 Å². The van der Waals surface area contributed by atoms with E-state index in [1.807, 2.05) is 0 Å². The fourth-order valence-corrected chi connectivity index (χ4v) is 4.61. The second-order valence-electron chi connectivity index (χ2n) is 6.12. The van der Waals surface area contributed by atoms with Crippen LogP contribution in [0.4, 0.5) is 11.4 Å². The summed E-state index contributed by atoms with van der Waals surface area (Å²) in [7, 11) is -4.08. The molecular weight excluding hydrogens is 490 g/mol. The number of halogens is 4. The van der Waals surface area contributed by atoms with E-state index in [0.717, 1.165) is 4.31 Å². The van der Waals surface area contributed by atoms with E-state index in [9.17, 15) is 13.2 Å². The van der Waals surface area contributed by atoms with Crippen LogP contribution in [0, 0.1) is 0 Å². The van der Waals surface area contributed by atoms with E-state index in [1.54, 1.807) is 24.3 Å². The van der Waals surface area contributed by atoms with Crippen LogP contribution >= 0.6 is 46.4 Å². The van der Waals surface area contributed by atoms with Gasteiger partial charge in [0.05, 0.1) is 20.6 Å². The van der Waals surface area contributed by atoms with Crippen LogP contribution in [0.5, 0.6) is 0 Å². The Morgan fingerprint density at radius 2 is 1.53 bits per heavy atom. The van der Waals surface area contributed by atoms with Crippen LogP contribution in [-0.4, -0.2) is 20.9 Å². The lowest BCUT2D eigenvalue weighted by Gasteiger charge is -2.24. The van der Waals surface area contributed by atoms with Gasteiger partial charge >= 0.3 is 0 Å². The van der Waals surface area contributed by atoms with Crippen molar-refractivity contribution in [3.05, 3.63) is 86.8 Å². The second kappa shape index (κ2) is 9.45. The maximum Gasteiger partial charge on any atom is 0.264 e. The van der Waals surface area contributed by atoms with Crippen molar-refractivity contribution in [2.75, 3.05) is 16.2 Å². The maximum atomic E-state index is 13.3. The summed E-state index contributed by atoms with van der Waals surface area (Å²) in [5.74, 6) is -0.578. The topological polar surface area (TPSA) is 66.5 Å². The number of amides is 1. The minimum atomic E-state index is -4.08. The predicted octanol–water partition coefficient (Wildman–Crippen LogP) is 6.13. The molecule has 10 heteroatoms. The lowest BCUT2D eigenvalue weighted by molar-refractivity contribution is -0.114. The van der Waals surface area contributed by atoms with Gasteiger partial charge in [0.15, 0.2) is 0 Å². The Balaban J connectivity index is 1.94. The van der Waals surface area contributed by atoms with Gasteiger partial charge in [0.1, 0.15) is 6.54 Å². The molecule has 3 aromatic carbocycles. The highest BCUT2D eigenvalue weighted by Gasteiger charge is 2.27. The average Bonchev–Trinajstić information content (AvgIpc) is 2.69. The van der Waals surface area contributed by atoms with Crippen LogP contribution in [0.2, 0.25) is 20.1 Å². The minimum absolute atomic E-state index is 0.0192. The highest BCUT2D eigenvalue weighted by Crippen LogP contribution is 2.28. The van der Waals surface area contributed by atoms with E-state index in [1.165, 1.54) is 42.5 Å². The molecule has 0 spiro atoms. The Bertz CT molecular complexity index is 1180. The summed E-state index contributed by atoms with van der Waals surface area (Å²) in [5, 5.41) is 3.93. The summed E-state index contributed by atoms with van der Waals surface area (Å²) in [6, 6.07) is 16.4. The van der Waals surface area contributed by atoms with Gasteiger partial charge in [0.25, 0.3) is 10.0 Å². The molecule has 1 amide bonds. The summed E-state index contributed by atoms with van der Waals surface area (Å²) in [6.07, 6.45) is 0. The normalized spacial score (nSPS) is 11.2. The molecule has 0 radical (unpaired) electrons. The molecule has 30 heavy (non-hydrogen) atoms. The first-order chi connectivity index (χ1) is 14.2. The van der Waals surface area contributed by atoms with E-state index >= 15 is 0 Å². The molecule has 3 rings (SSSR count). The van der Waals surface area contributed by atoms with Crippen molar-refractivity contribution in [1.29, 1.82) is 0 Å². The molecule has 0 fully saturated rings. The number of carbonyl (C=O) groups is 1. The Labute approximate surface area is 194 Å². The quantitative estimate of drug-likeness (QED) is 0.439. The molecule has 0 unspecified atom stereocenters. The molecule has 5 nitrogen and oxygen atoms in total. The van der Waals surface area contributed by atoms with Gasteiger partial charge in [-0.1, -0.05) is 52.5 Å². The largest absolute Gasteiger partial charge is 0.324 e. The van der Waals surface area contributed by atoms with Crippen LogP contribution in [0.1, 0.15) is 0 Å². The molecule has 0 heterocycles. The van der Waals surface area contributed by atoms with Crippen molar-refractivity contribution >= 4 is 73.7 Å². The van der Waals surface area contributed by atoms with E-state index in [-0.39, 0.29) is 15.6 Å². The van der Waals surface area contributed by atoms with Crippen molar-refractivity contribution in [3.63, 3.8) is 0 Å². The van der Waals surface area contributed by atoms with Gasteiger partial charge in [0, 0.05) is 15.7 Å². The molecule has 0 aliphatic carbocycles. The number of anilines is 2. The lowest BCUT2D eigenvalue weighted by Crippen LogP contribution is -2.38. The monoisotopic (exact) mass is 502 g/mol. The number of hydrogen-bond acceptors (Lipinski definition) is 3. The SMILES string of the molecule is O=C(CN(c1cccc(Cl)c1)S(=O)(=O)c1ccc(Cl)cc1)Nc1ccc(Cl)c(Cl)c1. The average molecular weight is 504 g/mol. The van der Waals surface area contributed by atoms with E-state index in [4.69, 9.17) is 46.4 Å². The third-order valence-corrected chi connectivity index (χ3v) is 7.00. The number of hydrogen-bond donors (Lipinski definition) is 1. The maximum absolute atomic E-state index is 13.3. The zero-order chi connectivity index (χ0) is 21.9. The Kier molecular flexibility index (Phi) is 7.16. The number of rotatable bonds is 6. The third-order valence-electron chi connectivity index (χ3n) is 3.99. The van der Waals surface area contributed by atoms with Crippen LogP contribution in [0.25, 0.3) is 0 Å². The molecule has 0 atom stereocenters. The van der Waals surface area contributed by atoms with Gasteiger partial charge in [-0.2, -0.15) is 0 Å². The molecule has 0 aliphatic heterocycles. The smallest absolute Gasteiger partial charge is 0.264 e. The lowest BCUT2D eigenvalue weighted by atomic mass is 10.3. The van der Waals surface area contributed by atoms with Gasteiger partial charge in [-0.25, -0.2) is 8.42 Å². The summed E-state index contributed by atoms with van der Waals surface area (Å²) in [6.45, 7) is -0.494. The minimum Gasteiger partial charge on any atom is -0.324 e. The van der Waals surface area contributed by atoms with Gasteiger partial charge in [0.2, 0.25) is 5.91 Å². The second-order valence-corrected chi connectivity index (χ2v) is 9.67. The Morgan fingerprint density at radius 3 is 2.17 bits per heavy atom. The van der Waals surface area contributed by atoms with Crippen LogP contribution < -0.4 is 9.62 Å². The Morgan fingerprint density at radius 1 is 0.833 bits per heavy atom. The number of nitrogens with zero attached hydrogens (tertiary/aromatic N) is 1. The number of sulfonamides is 1. The first kappa shape index (κ1) is 22.7. The van der Waals surface area contributed by atoms with Gasteiger partial charge in [-0.3, -0.25) is 9.10 Å². The zero-order valence-electron chi connectivity index (χ0n) is 15.2. The summed E-state index contributed by atoms with van der Waals surface area (Å²) < 4.78 is 27.5. The highest BCUT2D eigenvalue weighted by atomic mass is 35.5. The van der Waals surface area contributed by atoms with Crippen molar-refractivity contribution in [1.82, 2.24) is 0 Å². The van der Waals surface area contributed by atoms with Crippen molar-refractivity contribution < 1.29 is 13.2 Å². The molecule has 0 saturated carbocycles. The van der Waals surface area contributed by atoms with Gasteiger partial charge < -0.3 is 5.32 Å². The molecule has 0 aromatic heterocycles. The van der Waals surface area contributed by atoms with Crippen molar-refractivity contribution in [2.45, 2.75) is 4.90 Å². The number of carbonyl (C=O) groups excluding carboxylic acids is 1. The van der Waals surface area contributed by atoms with Crippen LogP contribution in [0.15, 0.2) is 71.6 Å². The fourth-order valence-electron chi connectivity index (χ4n) is 2.58. The Hall–Kier alpha value is -1.96. The van der Waals surface area contributed by atoms with E-state index < -0.39 is 22.5 Å². The summed E-state index contributed by atoms with van der Waals surface area (Å²) in [5.41, 5.74) is 0.617.